The second kappa shape index (κ2) is 5.02. The van der Waals surface area contributed by atoms with Crippen LogP contribution in [0.5, 0.6) is 0 Å². The van der Waals surface area contributed by atoms with Crippen molar-refractivity contribution in [1.82, 2.24) is 0 Å². The Morgan fingerprint density at radius 2 is 1.65 bits per heavy atom. The Labute approximate surface area is 111 Å². The van der Waals surface area contributed by atoms with Crippen LogP contribution in [0, 0.1) is 17.3 Å². The first-order chi connectivity index (χ1) is 7.57. The fraction of sp³-hybridized carbons (Fsp3) is 0.562. The third kappa shape index (κ3) is 5.59. The van der Waals surface area contributed by atoms with E-state index in [9.17, 15) is 0 Å². The molecule has 0 bridgehead atoms. The molecule has 1 heteroatoms. The van der Waals surface area contributed by atoms with Gasteiger partial charge in [0.25, 0.3) is 0 Å². The van der Waals surface area contributed by atoms with Crippen LogP contribution < -0.4 is 0 Å². The number of benzene rings is 1. The fourth-order valence-corrected chi connectivity index (χ4v) is 2.13. The van der Waals surface area contributed by atoms with E-state index in [0.717, 1.165) is 17.0 Å². The molecule has 1 rings (SSSR count). The first kappa shape index (κ1) is 14.6. The van der Waals surface area contributed by atoms with Gasteiger partial charge in [0, 0.05) is 5.02 Å². The van der Waals surface area contributed by atoms with Gasteiger partial charge >= 0.3 is 0 Å². The SMILES string of the molecule is CC(C)(C)[CH]c1ccc(CC(C)(C)C)cc1Cl. The molecule has 0 amide bonds. The van der Waals surface area contributed by atoms with Gasteiger partial charge in [-0.2, -0.15) is 0 Å². The van der Waals surface area contributed by atoms with Gasteiger partial charge < -0.3 is 0 Å². The lowest BCUT2D eigenvalue weighted by Crippen LogP contribution is -2.10. The molecule has 0 atom stereocenters. The monoisotopic (exact) mass is 251 g/mol. The fourth-order valence-electron chi connectivity index (χ4n) is 1.88. The molecule has 0 aliphatic carbocycles. The van der Waals surface area contributed by atoms with Crippen LogP contribution in [0.2, 0.25) is 5.02 Å². The first-order valence-electron chi connectivity index (χ1n) is 6.21. The minimum atomic E-state index is 0.162. The molecule has 95 valence electrons. The summed E-state index contributed by atoms with van der Waals surface area (Å²) in [7, 11) is 0. The highest BCUT2D eigenvalue weighted by Gasteiger charge is 2.16. The summed E-state index contributed by atoms with van der Waals surface area (Å²) in [5.74, 6) is 0. The van der Waals surface area contributed by atoms with Crippen molar-refractivity contribution < 1.29 is 0 Å². The quantitative estimate of drug-likeness (QED) is 0.649. The maximum absolute atomic E-state index is 6.33. The van der Waals surface area contributed by atoms with E-state index in [-0.39, 0.29) is 5.41 Å². The molecule has 0 N–H and O–H groups in total. The van der Waals surface area contributed by atoms with Gasteiger partial charge in [0.15, 0.2) is 0 Å². The summed E-state index contributed by atoms with van der Waals surface area (Å²) in [6.07, 6.45) is 3.28. The molecule has 0 nitrogen and oxygen atoms in total. The van der Waals surface area contributed by atoms with Crippen LogP contribution in [0.3, 0.4) is 0 Å². The standard InChI is InChI=1S/C16H24Cl/c1-15(2,3)10-12-7-8-13(14(17)9-12)11-16(4,5)6/h7-9,11H,10H2,1-6H3. The molecule has 0 heterocycles. The number of hydrogen-bond donors (Lipinski definition) is 0. The molecule has 0 saturated carbocycles. The van der Waals surface area contributed by atoms with Crippen LogP contribution in [0.1, 0.15) is 52.7 Å². The van der Waals surface area contributed by atoms with Gasteiger partial charge in [0.2, 0.25) is 0 Å². The van der Waals surface area contributed by atoms with Crippen LogP contribution in [-0.2, 0) is 6.42 Å². The van der Waals surface area contributed by atoms with Crippen LogP contribution >= 0.6 is 11.6 Å². The molecule has 1 aromatic carbocycles. The van der Waals surface area contributed by atoms with E-state index in [1.54, 1.807) is 0 Å². The van der Waals surface area contributed by atoms with E-state index in [0.29, 0.717) is 5.41 Å². The summed E-state index contributed by atoms with van der Waals surface area (Å²) < 4.78 is 0. The van der Waals surface area contributed by atoms with E-state index in [1.165, 1.54) is 5.56 Å². The van der Waals surface area contributed by atoms with Gasteiger partial charge in [-0.05, 0) is 40.9 Å². The second-order valence-corrected chi connectivity index (χ2v) is 7.51. The van der Waals surface area contributed by atoms with Crippen LogP contribution in [-0.4, -0.2) is 0 Å². The Morgan fingerprint density at radius 3 is 2.06 bits per heavy atom. The van der Waals surface area contributed by atoms with E-state index in [4.69, 9.17) is 11.6 Å². The highest BCUT2D eigenvalue weighted by Crippen LogP contribution is 2.30. The van der Waals surface area contributed by atoms with Gasteiger partial charge in [-0.1, -0.05) is 65.3 Å². The number of hydrogen-bond acceptors (Lipinski definition) is 0. The lowest BCUT2D eigenvalue weighted by molar-refractivity contribution is 0.411. The molecule has 0 fully saturated rings. The van der Waals surface area contributed by atoms with Gasteiger partial charge in [-0.3, -0.25) is 0 Å². The van der Waals surface area contributed by atoms with Crippen LogP contribution in [0.4, 0.5) is 0 Å². The summed E-state index contributed by atoms with van der Waals surface area (Å²) in [6, 6.07) is 6.42. The zero-order valence-corrected chi connectivity index (χ0v) is 12.7. The predicted octanol–water partition coefficient (Wildman–Crippen LogP) is 5.53. The third-order valence-corrected chi connectivity index (χ3v) is 2.72. The van der Waals surface area contributed by atoms with Crippen molar-refractivity contribution in [2.75, 3.05) is 0 Å². The average molecular weight is 252 g/mol. The van der Waals surface area contributed by atoms with Crippen molar-refractivity contribution in [3.63, 3.8) is 0 Å². The molecular weight excluding hydrogens is 228 g/mol. The minimum absolute atomic E-state index is 0.162. The smallest absolute Gasteiger partial charge is 0.0443 e. The molecule has 17 heavy (non-hydrogen) atoms. The summed E-state index contributed by atoms with van der Waals surface area (Å²) in [5, 5.41) is 0.863. The van der Waals surface area contributed by atoms with Crippen molar-refractivity contribution in [1.29, 1.82) is 0 Å². The molecule has 0 aromatic heterocycles. The Bertz CT molecular complexity index is 377. The van der Waals surface area contributed by atoms with Crippen LogP contribution in [0.25, 0.3) is 0 Å². The van der Waals surface area contributed by atoms with Gasteiger partial charge in [-0.25, -0.2) is 0 Å². The van der Waals surface area contributed by atoms with Gasteiger partial charge in [0.1, 0.15) is 0 Å². The summed E-state index contributed by atoms with van der Waals surface area (Å²) in [5.41, 5.74) is 2.92. The highest BCUT2D eigenvalue weighted by atomic mass is 35.5. The molecule has 1 radical (unpaired) electrons. The van der Waals surface area contributed by atoms with E-state index in [1.807, 2.05) is 0 Å². The Kier molecular flexibility index (Phi) is 4.30. The lowest BCUT2D eigenvalue weighted by Gasteiger charge is -2.21. The maximum atomic E-state index is 6.33. The average Bonchev–Trinajstić information content (AvgIpc) is 2.05. The third-order valence-electron chi connectivity index (χ3n) is 2.39. The highest BCUT2D eigenvalue weighted by molar-refractivity contribution is 6.31. The number of rotatable bonds is 2. The molecular formula is C16H24Cl. The van der Waals surface area contributed by atoms with E-state index >= 15 is 0 Å². The maximum Gasteiger partial charge on any atom is 0.0443 e. The minimum Gasteiger partial charge on any atom is -0.0840 e. The first-order valence-corrected chi connectivity index (χ1v) is 6.59. The van der Waals surface area contributed by atoms with E-state index in [2.05, 4.69) is 66.2 Å². The summed E-state index contributed by atoms with van der Waals surface area (Å²) in [4.78, 5) is 0. The van der Waals surface area contributed by atoms with Crippen molar-refractivity contribution in [3.05, 3.63) is 40.8 Å². The van der Waals surface area contributed by atoms with E-state index < -0.39 is 0 Å². The zero-order chi connectivity index (χ0) is 13.3. The van der Waals surface area contributed by atoms with Crippen molar-refractivity contribution >= 4 is 11.6 Å². The van der Waals surface area contributed by atoms with Crippen molar-refractivity contribution in [3.8, 4) is 0 Å². The molecule has 0 unspecified atom stereocenters. The summed E-state index contributed by atoms with van der Waals surface area (Å²) >= 11 is 6.33. The van der Waals surface area contributed by atoms with Gasteiger partial charge in [-0.15, -0.1) is 0 Å². The topological polar surface area (TPSA) is 0 Å². The second-order valence-electron chi connectivity index (χ2n) is 7.10. The zero-order valence-electron chi connectivity index (χ0n) is 11.9. The molecule has 0 saturated heterocycles. The summed E-state index contributed by atoms with van der Waals surface area (Å²) in [6.45, 7) is 13.3. The normalized spacial score (nSPS) is 12.9. The Morgan fingerprint density at radius 1 is 1.06 bits per heavy atom. The van der Waals surface area contributed by atoms with Gasteiger partial charge in [0.05, 0.1) is 0 Å². The lowest BCUT2D eigenvalue weighted by atomic mass is 9.85. The number of halogens is 1. The molecule has 0 aliphatic rings. The van der Waals surface area contributed by atoms with Crippen molar-refractivity contribution in [2.45, 2.75) is 48.0 Å². The molecule has 0 spiro atoms. The Balaban J connectivity index is 2.87. The largest absolute Gasteiger partial charge is 0.0840 e. The Hall–Kier alpha value is -0.490. The van der Waals surface area contributed by atoms with Crippen molar-refractivity contribution in [2.24, 2.45) is 10.8 Å². The molecule has 0 aliphatic heterocycles. The van der Waals surface area contributed by atoms with Crippen LogP contribution in [0.15, 0.2) is 18.2 Å². The predicted molar refractivity (Wildman–Crippen MR) is 77.5 cm³/mol. The molecule has 1 aromatic rings.